The maximum absolute atomic E-state index is 12.9. The first-order chi connectivity index (χ1) is 14.5. The maximum Gasteiger partial charge on any atom is 0.307 e. The molecule has 0 radical (unpaired) electrons. The molecule has 2 amide bonds. The normalized spacial score (nSPS) is 18.6. The number of aliphatic carboxylic acids is 1. The van der Waals surface area contributed by atoms with Crippen LogP contribution in [0.4, 0.5) is 5.00 Å². The Balaban J connectivity index is 1.96. The highest BCUT2D eigenvalue weighted by Crippen LogP contribution is 2.41. The molecule has 6 nitrogen and oxygen atoms in total. The Hall–Kier alpha value is -2.93. The predicted octanol–water partition coefficient (Wildman–Crippen LogP) is 4.73. The second-order valence-corrected chi connectivity index (χ2v) is 10.1. The number of benzene rings is 1. The van der Waals surface area contributed by atoms with Gasteiger partial charge >= 0.3 is 5.97 Å². The van der Waals surface area contributed by atoms with Gasteiger partial charge in [0.25, 0.3) is 5.91 Å². The van der Waals surface area contributed by atoms with Crippen LogP contribution in [-0.4, -0.2) is 22.9 Å². The lowest BCUT2D eigenvalue weighted by Crippen LogP contribution is -2.35. The number of aryl methyl sites for hydroxylation is 1. The first-order valence-electron chi connectivity index (χ1n) is 10.2. The minimum absolute atomic E-state index is 0.00297. The van der Waals surface area contributed by atoms with Crippen molar-refractivity contribution in [1.29, 1.82) is 0 Å². The van der Waals surface area contributed by atoms with E-state index in [1.54, 1.807) is 6.08 Å². The third kappa shape index (κ3) is 4.71. The minimum atomic E-state index is -0.999. The van der Waals surface area contributed by atoms with Gasteiger partial charge in [0, 0.05) is 10.4 Å². The smallest absolute Gasteiger partial charge is 0.307 e. The van der Waals surface area contributed by atoms with Crippen molar-refractivity contribution in [3.63, 3.8) is 0 Å². The molecular formula is C24H28N2O4S. The zero-order chi connectivity index (χ0) is 22.9. The SMILES string of the molecule is Cc1sc(NC(=O)[C@H]2CC=CC[C@@H]2C(=O)O)c(C(N)=O)c1-c1ccc(C(C)(C)C)cc1. The Morgan fingerprint density at radius 1 is 1.06 bits per heavy atom. The number of hydrogen-bond acceptors (Lipinski definition) is 4. The number of anilines is 1. The van der Waals surface area contributed by atoms with E-state index in [1.165, 1.54) is 16.9 Å². The summed E-state index contributed by atoms with van der Waals surface area (Å²) in [5.74, 6) is -3.52. The number of hydrogen-bond donors (Lipinski definition) is 3. The molecule has 4 N–H and O–H groups in total. The second kappa shape index (κ2) is 8.67. The number of primary amides is 1. The van der Waals surface area contributed by atoms with Gasteiger partial charge in [-0.3, -0.25) is 14.4 Å². The molecule has 0 aliphatic heterocycles. The molecular weight excluding hydrogens is 412 g/mol. The number of carbonyl (C=O) groups excluding carboxylic acids is 2. The van der Waals surface area contributed by atoms with Crippen molar-refractivity contribution in [2.24, 2.45) is 17.6 Å². The third-order valence-corrected chi connectivity index (χ3v) is 6.71. The molecule has 2 aromatic rings. The van der Waals surface area contributed by atoms with Crippen molar-refractivity contribution in [3.05, 3.63) is 52.4 Å². The number of nitrogens with one attached hydrogen (secondary N) is 1. The van der Waals surface area contributed by atoms with Crippen molar-refractivity contribution in [1.82, 2.24) is 0 Å². The van der Waals surface area contributed by atoms with E-state index in [-0.39, 0.29) is 11.0 Å². The van der Waals surface area contributed by atoms with Crippen LogP contribution >= 0.6 is 11.3 Å². The number of carboxylic acids is 1. The van der Waals surface area contributed by atoms with Crippen LogP contribution in [0.5, 0.6) is 0 Å². The van der Waals surface area contributed by atoms with E-state index >= 15 is 0 Å². The molecule has 164 valence electrons. The number of nitrogens with two attached hydrogens (primary N) is 1. The molecule has 1 heterocycles. The topological polar surface area (TPSA) is 109 Å². The molecule has 0 bridgehead atoms. The summed E-state index contributed by atoms with van der Waals surface area (Å²) in [5, 5.41) is 12.6. The Kier molecular flexibility index (Phi) is 6.36. The van der Waals surface area contributed by atoms with Crippen LogP contribution in [0.1, 0.15) is 54.4 Å². The number of carbonyl (C=O) groups is 3. The second-order valence-electron chi connectivity index (χ2n) is 8.91. The Morgan fingerprint density at radius 2 is 1.65 bits per heavy atom. The lowest BCUT2D eigenvalue weighted by molar-refractivity contribution is -0.146. The highest BCUT2D eigenvalue weighted by molar-refractivity contribution is 7.17. The van der Waals surface area contributed by atoms with Crippen molar-refractivity contribution in [2.75, 3.05) is 5.32 Å². The van der Waals surface area contributed by atoms with Crippen LogP contribution in [0.2, 0.25) is 0 Å². The molecule has 0 saturated heterocycles. The first kappa shape index (κ1) is 22.7. The predicted molar refractivity (Wildman–Crippen MR) is 123 cm³/mol. The summed E-state index contributed by atoms with van der Waals surface area (Å²) >= 11 is 1.28. The van der Waals surface area contributed by atoms with Gasteiger partial charge in [-0.15, -0.1) is 11.3 Å². The molecule has 2 atom stereocenters. The highest BCUT2D eigenvalue weighted by atomic mass is 32.1. The average Bonchev–Trinajstić information content (AvgIpc) is 3.03. The van der Waals surface area contributed by atoms with Crippen LogP contribution in [-0.2, 0) is 15.0 Å². The summed E-state index contributed by atoms with van der Waals surface area (Å²) in [6.45, 7) is 8.27. The van der Waals surface area contributed by atoms with Crippen LogP contribution in [0, 0.1) is 18.8 Å². The zero-order valence-electron chi connectivity index (χ0n) is 18.2. The number of rotatable bonds is 5. The van der Waals surface area contributed by atoms with Crippen LogP contribution in [0.3, 0.4) is 0 Å². The van der Waals surface area contributed by atoms with E-state index < -0.39 is 29.6 Å². The van der Waals surface area contributed by atoms with Gasteiger partial charge in [0.05, 0.1) is 17.4 Å². The minimum Gasteiger partial charge on any atom is -0.481 e. The van der Waals surface area contributed by atoms with E-state index in [4.69, 9.17) is 5.73 Å². The van der Waals surface area contributed by atoms with Crippen molar-refractivity contribution in [2.45, 2.75) is 46.0 Å². The monoisotopic (exact) mass is 440 g/mol. The summed E-state index contributed by atoms with van der Waals surface area (Å²) in [6.07, 6.45) is 4.26. The third-order valence-electron chi connectivity index (χ3n) is 5.69. The quantitative estimate of drug-likeness (QED) is 0.584. The van der Waals surface area contributed by atoms with Gasteiger partial charge in [-0.2, -0.15) is 0 Å². The van der Waals surface area contributed by atoms with Gasteiger partial charge in [0.2, 0.25) is 5.91 Å². The number of carboxylic acid groups (broad SMARTS) is 1. The summed E-state index contributed by atoms with van der Waals surface area (Å²) in [6, 6.07) is 7.97. The van der Waals surface area contributed by atoms with E-state index in [9.17, 15) is 19.5 Å². The standard InChI is InChI=1S/C24H28N2O4S/c1-13-18(14-9-11-15(12-10-14)24(2,3)4)19(20(25)27)22(31-13)26-21(28)16-7-5-6-8-17(16)23(29)30/h5-6,9-12,16-17H,7-8H2,1-4H3,(H2,25,27)(H,26,28)(H,29,30)/t16-,17-/m0/s1. The molecule has 0 saturated carbocycles. The molecule has 1 aliphatic carbocycles. The molecule has 1 aliphatic rings. The molecule has 1 aromatic heterocycles. The van der Waals surface area contributed by atoms with Crippen LogP contribution in [0.25, 0.3) is 11.1 Å². The Labute approximate surface area is 186 Å². The largest absolute Gasteiger partial charge is 0.481 e. The zero-order valence-corrected chi connectivity index (χ0v) is 19.0. The number of thiophene rings is 1. The van der Waals surface area contributed by atoms with E-state index in [1.807, 2.05) is 37.3 Å². The lowest BCUT2D eigenvalue weighted by Gasteiger charge is -2.24. The van der Waals surface area contributed by atoms with E-state index in [0.29, 0.717) is 23.4 Å². The van der Waals surface area contributed by atoms with Crippen LogP contribution < -0.4 is 11.1 Å². The summed E-state index contributed by atoms with van der Waals surface area (Å²) in [7, 11) is 0. The molecule has 0 fully saturated rings. The number of allylic oxidation sites excluding steroid dienone is 2. The molecule has 1 aromatic carbocycles. The summed E-state index contributed by atoms with van der Waals surface area (Å²) in [5.41, 5.74) is 8.69. The summed E-state index contributed by atoms with van der Waals surface area (Å²) < 4.78 is 0. The molecule has 0 unspecified atom stereocenters. The van der Waals surface area contributed by atoms with Gasteiger partial charge in [-0.1, -0.05) is 57.2 Å². The Bertz CT molecular complexity index is 1040. The van der Waals surface area contributed by atoms with Crippen molar-refractivity contribution in [3.8, 4) is 11.1 Å². The molecule has 31 heavy (non-hydrogen) atoms. The van der Waals surface area contributed by atoms with Gasteiger partial charge in [0.15, 0.2) is 0 Å². The van der Waals surface area contributed by atoms with Crippen molar-refractivity contribution >= 4 is 34.1 Å². The summed E-state index contributed by atoms with van der Waals surface area (Å²) in [4.78, 5) is 37.7. The van der Waals surface area contributed by atoms with Gasteiger partial charge in [-0.05, 0) is 36.3 Å². The number of amides is 2. The Morgan fingerprint density at radius 3 is 2.16 bits per heavy atom. The molecule has 7 heteroatoms. The van der Waals surface area contributed by atoms with Gasteiger partial charge < -0.3 is 16.2 Å². The van der Waals surface area contributed by atoms with E-state index in [2.05, 4.69) is 26.1 Å². The molecule has 3 rings (SSSR count). The van der Waals surface area contributed by atoms with Gasteiger partial charge in [0.1, 0.15) is 5.00 Å². The van der Waals surface area contributed by atoms with Gasteiger partial charge in [-0.25, -0.2) is 0 Å². The fourth-order valence-corrected chi connectivity index (χ4v) is 5.02. The average molecular weight is 441 g/mol. The van der Waals surface area contributed by atoms with E-state index in [0.717, 1.165) is 10.4 Å². The fraction of sp³-hybridized carbons (Fsp3) is 0.375. The highest BCUT2D eigenvalue weighted by Gasteiger charge is 2.35. The fourth-order valence-electron chi connectivity index (χ4n) is 3.93. The van der Waals surface area contributed by atoms with Crippen LogP contribution in [0.15, 0.2) is 36.4 Å². The lowest BCUT2D eigenvalue weighted by atomic mass is 9.82. The van der Waals surface area contributed by atoms with Crippen molar-refractivity contribution < 1.29 is 19.5 Å². The first-order valence-corrected chi connectivity index (χ1v) is 11.0. The maximum atomic E-state index is 12.9. The molecule has 0 spiro atoms.